The van der Waals surface area contributed by atoms with E-state index >= 15 is 0 Å². The molecular formula is C16H18O5. The molecule has 5 nitrogen and oxygen atoms in total. The van der Waals surface area contributed by atoms with E-state index in [1.165, 1.54) is 7.11 Å². The molecule has 0 atom stereocenters. The number of hydrogen-bond acceptors (Lipinski definition) is 5. The summed E-state index contributed by atoms with van der Waals surface area (Å²) in [5, 5.41) is 0. The lowest BCUT2D eigenvalue weighted by Gasteiger charge is -2.16. The van der Waals surface area contributed by atoms with Gasteiger partial charge in [0.1, 0.15) is 0 Å². The minimum atomic E-state index is -0.669. The van der Waals surface area contributed by atoms with Crippen molar-refractivity contribution in [3.8, 4) is 17.2 Å². The second kappa shape index (κ2) is 7.89. The number of hydrogen-bond donors (Lipinski definition) is 0. The Balaban J connectivity index is 3.39. The lowest BCUT2D eigenvalue weighted by atomic mass is 10.1. The van der Waals surface area contributed by atoms with Crippen LogP contribution in [0.3, 0.4) is 0 Å². The Hall–Kier alpha value is -2.56. The van der Waals surface area contributed by atoms with Crippen LogP contribution in [0.15, 0.2) is 37.4 Å². The van der Waals surface area contributed by atoms with Gasteiger partial charge in [-0.05, 0) is 18.1 Å². The van der Waals surface area contributed by atoms with Gasteiger partial charge in [-0.15, -0.1) is 0 Å². The van der Waals surface area contributed by atoms with Crippen molar-refractivity contribution < 1.29 is 23.8 Å². The van der Waals surface area contributed by atoms with Gasteiger partial charge in [0.15, 0.2) is 11.5 Å². The zero-order chi connectivity index (χ0) is 15.8. The average molecular weight is 290 g/mol. The van der Waals surface area contributed by atoms with E-state index in [2.05, 4.69) is 13.2 Å². The standard InChI is InChI=1S/C16H18O5/c1-5-8-11-9-10-12(19-4)16(21-14(18)7-3)15(11)20-13(17)6-2/h6-7,9-10H,2-3,5,8H2,1,4H3. The monoisotopic (exact) mass is 290 g/mol. The fourth-order valence-corrected chi connectivity index (χ4v) is 1.71. The maximum Gasteiger partial charge on any atom is 0.335 e. The van der Waals surface area contributed by atoms with Crippen LogP contribution in [0.1, 0.15) is 18.9 Å². The van der Waals surface area contributed by atoms with Crippen molar-refractivity contribution in [3.63, 3.8) is 0 Å². The summed E-state index contributed by atoms with van der Waals surface area (Å²) in [6.07, 6.45) is 3.54. The quantitative estimate of drug-likeness (QED) is 0.439. The molecule has 0 heterocycles. The summed E-state index contributed by atoms with van der Waals surface area (Å²) >= 11 is 0. The highest BCUT2D eigenvalue weighted by Crippen LogP contribution is 2.41. The molecular weight excluding hydrogens is 272 g/mol. The van der Waals surface area contributed by atoms with Gasteiger partial charge < -0.3 is 14.2 Å². The van der Waals surface area contributed by atoms with Crippen molar-refractivity contribution in [1.82, 2.24) is 0 Å². The minimum absolute atomic E-state index is 0.0588. The van der Waals surface area contributed by atoms with E-state index in [0.29, 0.717) is 6.42 Å². The first-order valence-corrected chi connectivity index (χ1v) is 6.45. The molecule has 112 valence electrons. The van der Waals surface area contributed by atoms with Crippen molar-refractivity contribution in [3.05, 3.63) is 43.0 Å². The third kappa shape index (κ3) is 4.21. The maximum atomic E-state index is 11.5. The van der Waals surface area contributed by atoms with Crippen LogP contribution in [0.2, 0.25) is 0 Å². The number of carbonyl (C=O) groups is 2. The summed E-state index contributed by atoms with van der Waals surface area (Å²) < 4.78 is 15.5. The molecule has 0 unspecified atom stereocenters. The minimum Gasteiger partial charge on any atom is -0.493 e. The molecule has 1 rings (SSSR count). The molecule has 0 bridgehead atoms. The van der Waals surface area contributed by atoms with Gasteiger partial charge in [0.05, 0.1) is 7.11 Å². The highest BCUT2D eigenvalue weighted by molar-refractivity contribution is 5.87. The lowest BCUT2D eigenvalue weighted by molar-refractivity contribution is -0.131. The second-order valence-corrected chi connectivity index (χ2v) is 4.09. The summed E-state index contributed by atoms with van der Waals surface area (Å²) in [7, 11) is 1.43. The van der Waals surface area contributed by atoms with Gasteiger partial charge >= 0.3 is 11.9 Å². The zero-order valence-corrected chi connectivity index (χ0v) is 12.2. The Kier molecular flexibility index (Phi) is 6.20. The fraction of sp³-hybridized carbons (Fsp3) is 0.250. The normalized spacial score (nSPS) is 9.62. The topological polar surface area (TPSA) is 61.8 Å². The second-order valence-electron chi connectivity index (χ2n) is 4.09. The summed E-state index contributed by atoms with van der Waals surface area (Å²) in [4.78, 5) is 23.0. The molecule has 0 N–H and O–H groups in total. The molecule has 5 heteroatoms. The molecule has 1 aromatic rings. The zero-order valence-electron chi connectivity index (χ0n) is 12.2. The van der Waals surface area contributed by atoms with E-state index in [-0.39, 0.29) is 17.2 Å². The van der Waals surface area contributed by atoms with Gasteiger partial charge in [-0.25, -0.2) is 9.59 Å². The van der Waals surface area contributed by atoms with Gasteiger partial charge in [-0.2, -0.15) is 0 Å². The molecule has 0 aromatic heterocycles. The van der Waals surface area contributed by atoms with Crippen molar-refractivity contribution in [2.24, 2.45) is 0 Å². The Morgan fingerprint density at radius 3 is 2.14 bits per heavy atom. The van der Waals surface area contributed by atoms with Crippen molar-refractivity contribution in [2.75, 3.05) is 7.11 Å². The van der Waals surface area contributed by atoms with Crippen LogP contribution in [0.5, 0.6) is 17.2 Å². The molecule has 0 aliphatic rings. The smallest absolute Gasteiger partial charge is 0.335 e. The van der Waals surface area contributed by atoms with Gasteiger partial charge in [-0.1, -0.05) is 32.6 Å². The lowest BCUT2D eigenvalue weighted by Crippen LogP contribution is -2.11. The molecule has 0 fully saturated rings. The first-order chi connectivity index (χ1) is 10.1. The molecule has 21 heavy (non-hydrogen) atoms. The number of benzene rings is 1. The Labute approximate surface area is 123 Å². The first-order valence-electron chi connectivity index (χ1n) is 6.45. The molecule has 0 spiro atoms. The van der Waals surface area contributed by atoms with E-state index < -0.39 is 11.9 Å². The van der Waals surface area contributed by atoms with Crippen LogP contribution in [0, 0.1) is 0 Å². The molecule has 0 aliphatic carbocycles. The number of methoxy groups -OCH3 is 1. The Morgan fingerprint density at radius 2 is 1.67 bits per heavy atom. The Bertz CT molecular complexity index is 560. The maximum absolute atomic E-state index is 11.5. The molecule has 0 radical (unpaired) electrons. The van der Waals surface area contributed by atoms with E-state index in [4.69, 9.17) is 14.2 Å². The van der Waals surface area contributed by atoms with Crippen molar-refractivity contribution in [2.45, 2.75) is 19.8 Å². The predicted octanol–water partition coefficient (Wildman–Crippen LogP) is 2.83. The van der Waals surface area contributed by atoms with Crippen LogP contribution in [-0.4, -0.2) is 19.0 Å². The highest BCUT2D eigenvalue weighted by atomic mass is 16.6. The molecule has 0 amide bonds. The number of carbonyl (C=O) groups excluding carboxylic acids is 2. The largest absolute Gasteiger partial charge is 0.493 e. The predicted molar refractivity (Wildman–Crippen MR) is 78.7 cm³/mol. The Morgan fingerprint density at radius 1 is 1.10 bits per heavy atom. The van der Waals surface area contributed by atoms with Gasteiger partial charge in [-0.3, -0.25) is 0 Å². The summed E-state index contributed by atoms with van der Waals surface area (Å²) in [6, 6.07) is 3.42. The summed E-state index contributed by atoms with van der Waals surface area (Å²) in [5.41, 5.74) is 0.736. The van der Waals surface area contributed by atoms with E-state index in [9.17, 15) is 9.59 Å². The third-order valence-corrected chi connectivity index (χ3v) is 2.64. The number of aryl methyl sites for hydroxylation is 1. The average Bonchev–Trinajstić information content (AvgIpc) is 2.50. The van der Waals surface area contributed by atoms with Crippen molar-refractivity contribution >= 4 is 11.9 Å². The van der Waals surface area contributed by atoms with E-state index in [0.717, 1.165) is 24.1 Å². The molecule has 0 saturated carbocycles. The first kappa shape index (κ1) is 16.5. The number of esters is 2. The van der Waals surface area contributed by atoms with Crippen LogP contribution < -0.4 is 14.2 Å². The van der Waals surface area contributed by atoms with E-state index in [1.54, 1.807) is 12.1 Å². The third-order valence-electron chi connectivity index (χ3n) is 2.64. The summed E-state index contributed by atoms with van der Waals surface area (Å²) in [5.74, 6) is -0.800. The summed E-state index contributed by atoms with van der Waals surface area (Å²) in [6.45, 7) is 8.68. The van der Waals surface area contributed by atoms with Gasteiger partial charge in [0, 0.05) is 12.2 Å². The van der Waals surface area contributed by atoms with Crippen LogP contribution in [0.4, 0.5) is 0 Å². The molecule has 1 aromatic carbocycles. The number of rotatable bonds is 7. The fourth-order valence-electron chi connectivity index (χ4n) is 1.71. The molecule has 0 aliphatic heterocycles. The van der Waals surface area contributed by atoms with E-state index in [1.807, 2.05) is 6.92 Å². The molecule has 0 saturated heterocycles. The van der Waals surface area contributed by atoms with Crippen LogP contribution in [-0.2, 0) is 16.0 Å². The SMILES string of the molecule is C=CC(=O)Oc1c(CCC)ccc(OC)c1OC(=O)C=C. The van der Waals surface area contributed by atoms with Crippen molar-refractivity contribution in [1.29, 1.82) is 0 Å². The number of ether oxygens (including phenoxy) is 3. The van der Waals surface area contributed by atoms with Crippen LogP contribution >= 0.6 is 0 Å². The van der Waals surface area contributed by atoms with Gasteiger partial charge in [0.25, 0.3) is 0 Å². The van der Waals surface area contributed by atoms with Gasteiger partial charge in [0.2, 0.25) is 5.75 Å². The van der Waals surface area contributed by atoms with Crippen LogP contribution in [0.25, 0.3) is 0 Å². The highest BCUT2D eigenvalue weighted by Gasteiger charge is 2.20.